The summed E-state index contributed by atoms with van der Waals surface area (Å²) in [7, 11) is 1.73. The molecule has 1 aromatic heterocycles. The molecule has 20 heavy (non-hydrogen) atoms. The van der Waals surface area contributed by atoms with Crippen LogP contribution in [0.25, 0.3) is 10.9 Å². The SMILES string of the molecule is CC(CC#N)N(C)C(=O)Cc1c[nH]c2cc(Cl)ccc12. The number of nitrogens with one attached hydrogen (secondary N) is 1. The van der Waals surface area contributed by atoms with Crippen LogP contribution in [0.15, 0.2) is 24.4 Å². The van der Waals surface area contributed by atoms with Crippen molar-refractivity contribution in [1.29, 1.82) is 5.26 Å². The molecule has 4 nitrogen and oxygen atoms in total. The van der Waals surface area contributed by atoms with Crippen LogP contribution in [-0.4, -0.2) is 28.9 Å². The minimum absolute atomic E-state index is 0.00333. The van der Waals surface area contributed by atoms with Gasteiger partial charge in [-0.05, 0) is 24.6 Å². The number of rotatable bonds is 4. The highest BCUT2D eigenvalue weighted by Gasteiger charge is 2.17. The number of hydrogen-bond donors (Lipinski definition) is 1. The molecule has 0 bridgehead atoms. The number of H-pyrrole nitrogens is 1. The van der Waals surface area contributed by atoms with E-state index in [-0.39, 0.29) is 11.9 Å². The van der Waals surface area contributed by atoms with Crippen molar-refractivity contribution in [2.75, 3.05) is 7.05 Å². The van der Waals surface area contributed by atoms with Crippen molar-refractivity contribution in [3.05, 3.63) is 35.0 Å². The summed E-state index contributed by atoms with van der Waals surface area (Å²) in [5.41, 5.74) is 1.87. The predicted molar refractivity (Wildman–Crippen MR) is 79.5 cm³/mol. The minimum Gasteiger partial charge on any atom is -0.361 e. The number of nitrogens with zero attached hydrogens (tertiary/aromatic N) is 2. The second kappa shape index (κ2) is 5.98. The molecular weight excluding hydrogens is 274 g/mol. The van der Waals surface area contributed by atoms with Crippen molar-refractivity contribution in [2.45, 2.75) is 25.8 Å². The Bertz CT molecular complexity index is 671. The van der Waals surface area contributed by atoms with Gasteiger partial charge in [0.2, 0.25) is 5.91 Å². The molecule has 1 atom stereocenters. The topological polar surface area (TPSA) is 59.9 Å². The first-order valence-corrected chi connectivity index (χ1v) is 6.79. The van der Waals surface area contributed by atoms with Crippen LogP contribution in [0, 0.1) is 11.3 Å². The first-order chi connectivity index (χ1) is 9.52. The highest BCUT2D eigenvalue weighted by atomic mass is 35.5. The van der Waals surface area contributed by atoms with E-state index in [0.717, 1.165) is 16.5 Å². The Labute approximate surface area is 122 Å². The van der Waals surface area contributed by atoms with E-state index in [1.807, 2.05) is 31.3 Å². The molecule has 0 saturated carbocycles. The normalized spacial score (nSPS) is 12.1. The average Bonchev–Trinajstić information content (AvgIpc) is 2.80. The fourth-order valence-electron chi connectivity index (χ4n) is 2.11. The molecule has 2 rings (SSSR count). The lowest BCUT2D eigenvalue weighted by molar-refractivity contribution is -0.130. The van der Waals surface area contributed by atoms with E-state index in [4.69, 9.17) is 16.9 Å². The number of aromatic amines is 1. The molecule has 1 amide bonds. The Kier molecular flexibility index (Phi) is 4.31. The van der Waals surface area contributed by atoms with Crippen molar-refractivity contribution < 1.29 is 4.79 Å². The standard InChI is InChI=1S/C15H16ClN3O/c1-10(5-6-17)19(2)15(20)7-11-9-18-14-8-12(16)3-4-13(11)14/h3-4,8-10,18H,5,7H2,1-2H3. The number of nitriles is 1. The minimum atomic E-state index is -0.0767. The van der Waals surface area contributed by atoms with Gasteiger partial charge in [-0.1, -0.05) is 17.7 Å². The zero-order valence-electron chi connectivity index (χ0n) is 11.5. The number of likely N-dealkylation sites (N-methyl/N-ethyl adjacent to an activating group) is 1. The summed E-state index contributed by atoms with van der Waals surface area (Å²) < 4.78 is 0. The van der Waals surface area contributed by atoms with Crippen molar-refractivity contribution in [3.63, 3.8) is 0 Å². The molecule has 0 spiro atoms. The smallest absolute Gasteiger partial charge is 0.227 e. The van der Waals surface area contributed by atoms with Crippen LogP contribution in [0.5, 0.6) is 0 Å². The van der Waals surface area contributed by atoms with Crippen molar-refractivity contribution >= 4 is 28.4 Å². The molecule has 0 aliphatic carbocycles. The molecule has 5 heteroatoms. The van der Waals surface area contributed by atoms with Crippen LogP contribution in [0.1, 0.15) is 18.9 Å². The zero-order valence-corrected chi connectivity index (χ0v) is 12.2. The van der Waals surface area contributed by atoms with Gasteiger partial charge < -0.3 is 9.88 Å². The van der Waals surface area contributed by atoms with Gasteiger partial charge in [0.05, 0.1) is 18.9 Å². The maximum atomic E-state index is 12.2. The maximum absolute atomic E-state index is 12.2. The maximum Gasteiger partial charge on any atom is 0.227 e. The summed E-state index contributed by atoms with van der Waals surface area (Å²) in [6.45, 7) is 1.87. The summed E-state index contributed by atoms with van der Waals surface area (Å²) in [5, 5.41) is 10.4. The van der Waals surface area contributed by atoms with Gasteiger partial charge in [-0.2, -0.15) is 5.26 Å². The van der Waals surface area contributed by atoms with Crippen LogP contribution in [0.4, 0.5) is 0 Å². The molecule has 0 aliphatic rings. The number of aromatic nitrogens is 1. The number of benzene rings is 1. The Balaban J connectivity index is 2.16. The fourth-order valence-corrected chi connectivity index (χ4v) is 2.28. The van der Waals surface area contributed by atoms with E-state index >= 15 is 0 Å². The Hall–Kier alpha value is -1.99. The van der Waals surface area contributed by atoms with Gasteiger partial charge in [0, 0.05) is 35.2 Å². The van der Waals surface area contributed by atoms with Crippen molar-refractivity contribution in [3.8, 4) is 6.07 Å². The average molecular weight is 290 g/mol. The van der Waals surface area contributed by atoms with Gasteiger partial charge >= 0.3 is 0 Å². The first-order valence-electron chi connectivity index (χ1n) is 6.41. The molecule has 0 saturated heterocycles. The molecule has 1 aromatic carbocycles. The molecular formula is C15H16ClN3O. The van der Waals surface area contributed by atoms with Gasteiger partial charge in [0.15, 0.2) is 0 Å². The summed E-state index contributed by atoms with van der Waals surface area (Å²) in [4.78, 5) is 17.0. The molecule has 1 N–H and O–H groups in total. The lowest BCUT2D eigenvalue weighted by Crippen LogP contribution is -2.35. The van der Waals surface area contributed by atoms with E-state index in [2.05, 4.69) is 11.1 Å². The van der Waals surface area contributed by atoms with E-state index in [1.165, 1.54) is 0 Å². The number of carbonyl (C=O) groups is 1. The third-order valence-corrected chi connectivity index (χ3v) is 3.75. The second-order valence-electron chi connectivity index (χ2n) is 4.90. The van der Waals surface area contributed by atoms with Gasteiger partial charge in [0.1, 0.15) is 0 Å². The molecule has 1 unspecified atom stereocenters. The number of halogens is 1. The molecule has 1 heterocycles. The lowest BCUT2D eigenvalue weighted by Gasteiger charge is -2.22. The summed E-state index contributed by atoms with van der Waals surface area (Å²) in [6.07, 6.45) is 2.49. The van der Waals surface area contributed by atoms with Gasteiger partial charge in [-0.25, -0.2) is 0 Å². The first kappa shape index (κ1) is 14.4. The summed E-state index contributed by atoms with van der Waals surface area (Å²) in [6, 6.07) is 7.57. The van der Waals surface area contributed by atoms with E-state index in [9.17, 15) is 4.79 Å². The van der Waals surface area contributed by atoms with Crippen LogP contribution in [0.2, 0.25) is 5.02 Å². The number of amides is 1. The molecule has 0 aliphatic heterocycles. The Morgan fingerprint density at radius 2 is 2.30 bits per heavy atom. The van der Waals surface area contributed by atoms with Crippen LogP contribution in [0.3, 0.4) is 0 Å². The summed E-state index contributed by atoms with van der Waals surface area (Å²) >= 11 is 5.93. The monoisotopic (exact) mass is 289 g/mol. The van der Waals surface area contributed by atoms with Gasteiger partial charge in [0.25, 0.3) is 0 Å². The molecule has 104 valence electrons. The Morgan fingerprint density at radius 1 is 1.55 bits per heavy atom. The summed E-state index contributed by atoms with van der Waals surface area (Å²) in [5.74, 6) is 0.00333. The fraction of sp³-hybridized carbons (Fsp3) is 0.333. The molecule has 0 radical (unpaired) electrons. The van der Waals surface area contributed by atoms with Gasteiger partial charge in [-0.3, -0.25) is 4.79 Å². The highest BCUT2D eigenvalue weighted by Crippen LogP contribution is 2.22. The van der Waals surface area contributed by atoms with Crippen molar-refractivity contribution in [1.82, 2.24) is 9.88 Å². The van der Waals surface area contributed by atoms with Crippen LogP contribution in [-0.2, 0) is 11.2 Å². The van der Waals surface area contributed by atoms with E-state index in [0.29, 0.717) is 17.9 Å². The quantitative estimate of drug-likeness (QED) is 0.940. The second-order valence-corrected chi connectivity index (χ2v) is 5.33. The highest BCUT2D eigenvalue weighted by molar-refractivity contribution is 6.31. The molecule has 0 fully saturated rings. The number of hydrogen-bond acceptors (Lipinski definition) is 2. The third-order valence-electron chi connectivity index (χ3n) is 3.51. The van der Waals surface area contributed by atoms with Crippen molar-refractivity contribution in [2.24, 2.45) is 0 Å². The van der Waals surface area contributed by atoms with Gasteiger partial charge in [-0.15, -0.1) is 0 Å². The van der Waals surface area contributed by atoms with E-state index < -0.39 is 0 Å². The Morgan fingerprint density at radius 3 is 3.00 bits per heavy atom. The van der Waals surface area contributed by atoms with E-state index in [1.54, 1.807) is 11.9 Å². The predicted octanol–water partition coefficient (Wildman–Crippen LogP) is 3.12. The molecule has 2 aromatic rings. The largest absolute Gasteiger partial charge is 0.361 e. The van der Waals surface area contributed by atoms with Crippen LogP contribution >= 0.6 is 11.6 Å². The lowest BCUT2D eigenvalue weighted by atomic mass is 10.1. The number of carbonyl (C=O) groups excluding carboxylic acids is 1. The van der Waals surface area contributed by atoms with Crippen LogP contribution < -0.4 is 0 Å². The zero-order chi connectivity index (χ0) is 14.7. The third kappa shape index (κ3) is 2.94. The number of fused-ring (bicyclic) bond motifs is 1.